The van der Waals surface area contributed by atoms with Crippen molar-refractivity contribution >= 4 is 11.4 Å². The molecule has 0 radical (unpaired) electrons. The second kappa shape index (κ2) is 5.30. The van der Waals surface area contributed by atoms with Crippen molar-refractivity contribution in [2.45, 2.75) is 25.9 Å². The first-order valence-electron chi connectivity index (χ1n) is 6.39. The van der Waals surface area contributed by atoms with Gasteiger partial charge in [-0.25, -0.2) is 0 Å². The zero-order valence-corrected chi connectivity index (χ0v) is 11.0. The van der Waals surface area contributed by atoms with E-state index in [1.807, 2.05) is 11.8 Å². The number of halogens is 3. The maximum atomic E-state index is 12.9. The number of hydrogen-bond donors (Lipinski definition) is 0. The van der Waals surface area contributed by atoms with E-state index in [0.29, 0.717) is 24.7 Å². The number of nitro benzene ring substituents is 1. The number of nitrogens with zero attached hydrogens (tertiary/aromatic N) is 2. The molecule has 20 heavy (non-hydrogen) atoms. The fourth-order valence-electron chi connectivity index (χ4n) is 2.53. The Hall–Kier alpha value is -1.79. The SMILES string of the molecule is C[C@H]1CCCN(c2ccc([N+](=O)[O-])c(C(F)(F)F)c2)C1. The summed E-state index contributed by atoms with van der Waals surface area (Å²) in [5.74, 6) is 0.410. The van der Waals surface area contributed by atoms with Crippen LogP contribution in [0.15, 0.2) is 18.2 Å². The molecule has 7 heteroatoms. The van der Waals surface area contributed by atoms with Crippen LogP contribution in [0.2, 0.25) is 0 Å². The third kappa shape index (κ3) is 3.02. The van der Waals surface area contributed by atoms with Crippen LogP contribution in [0.25, 0.3) is 0 Å². The molecular weight excluding hydrogens is 273 g/mol. The summed E-state index contributed by atoms with van der Waals surface area (Å²) in [5, 5.41) is 10.7. The van der Waals surface area contributed by atoms with Crippen molar-refractivity contribution in [3.63, 3.8) is 0 Å². The van der Waals surface area contributed by atoms with Crippen molar-refractivity contribution in [3.05, 3.63) is 33.9 Å². The Morgan fingerprint density at radius 1 is 1.40 bits per heavy atom. The molecule has 1 heterocycles. The zero-order chi connectivity index (χ0) is 14.9. The van der Waals surface area contributed by atoms with Crippen LogP contribution in [0, 0.1) is 16.0 Å². The Bertz CT molecular complexity index is 517. The first kappa shape index (κ1) is 14.6. The van der Waals surface area contributed by atoms with E-state index in [-0.39, 0.29) is 0 Å². The summed E-state index contributed by atoms with van der Waals surface area (Å²) in [6.07, 6.45) is -2.76. The average Bonchev–Trinajstić information content (AvgIpc) is 2.37. The number of nitro groups is 1. The summed E-state index contributed by atoms with van der Waals surface area (Å²) in [7, 11) is 0. The zero-order valence-electron chi connectivity index (χ0n) is 11.0. The van der Waals surface area contributed by atoms with Crippen molar-refractivity contribution < 1.29 is 18.1 Å². The van der Waals surface area contributed by atoms with E-state index in [2.05, 4.69) is 0 Å². The van der Waals surface area contributed by atoms with Crippen LogP contribution in [0.5, 0.6) is 0 Å². The Morgan fingerprint density at radius 3 is 2.65 bits per heavy atom. The lowest BCUT2D eigenvalue weighted by molar-refractivity contribution is -0.388. The van der Waals surface area contributed by atoms with E-state index in [0.717, 1.165) is 25.0 Å². The van der Waals surface area contributed by atoms with Gasteiger partial charge in [0.15, 0.2) is 0 Å². The Balaban J connectivity index is 2.39. The summed E-state index contributed by atoms with van der Waals surface area (Å²) in [6.45, 7) is 3.40. The van der Waals surface area contributed by atoms with Crippen LogP contribution in [0.4, 0.5) is 24.5 Å². The summed E-state index contributed by atoms with van der Waals surface area (Å²) in [4.78, 5) is 11.6. The summed E-state index contributed by atoms with van der Waals surface area (Å²) in [5.41, 5.74) is -1.68. The third-order valence-corrected chi connectivity index (χ3v) is 3.50. The van der Waals surface area contributed by atoms with Gasteiger partial charge in [-0.3, -0.25) is 10.1 Å². The van der Waals surface area contributed by atoms with Crippen molar-refractivity contribution in [2.75, 3.05) is 18.0 Å². The molecule has 0 amide bonds. The molecule has 1 fully saturated rings. The fourth-order valence-corrected chi connectivity index (χ4v) is 2.53. The predicted octanol–water partition coefficient (Wildman–Crippen LogP) is 3.85. The molecule has 1 aromatic carbocycles. The molecule has 0 aromatic heterocycles. The van der Waals surface area contributed by atoms with Crippen LogP contribution in [-0.2, 0) is 6.18 Å². The smallest absolute Gasteiger partial charge is 0.371 e. The van der Waals surface area contributed by atoms with Gasteiger partial charge >= 0.3 is 6.18 Å². The van der Waals surface area contributed by atoms with Crippen molar-refractivity contribution in [2.24, 2.45) is 5.92 Å². The van der Waals surface area contributed by atoms with Crippen molar-refractivity contribution in [3.8, 4) is 0 Å². The maximum Gasteiger partial charge on any atom is 0.423 e. The number of piperidine rings is 1. The first-order valence-corrected chi connectivity index (χ1v) is 6.39. The fraction of sp³-hybridized carbons (Fsp3) is 0.538. The van der Waals surface area contributed by atoms with E-state index in [4.69, 9.17) is 0 Å². The van der Waals surface area contributed by atoms with E-state index in [1.165, 1.54) is 6.07 Å². The predicted molar refractivity (Wildman–Crippen MR) is 68.7 cm³/mol. The molecular formula is C13H15F3N2O2. The van der Waals surface area contributed by atoms with Gasteiger partial charge in [-0.05, 0) is 30.9 Å². The molecule has 0 bridgehead atoms. The maximum absolute atomic E-state index is 12.9. The molecule has 1 aromatic rings. The molecule has 0 unspecified atom stereocenters. The van der Waals surface area contributed by atoms with Crippen LogP contribution in [0.1, 0.15) is 25.3 Å². The lowest BCUT2D eigenvalue weighted by Gasteiger charge is -2.33. The molecule has 1 atom stereocenters. The van der Waals surface area contributed by atoms with Gasteiger partial charge in [0.2, 0.25) is 0 Å². The van der Waals surface area contributed by atoms with Gasteiger partial charge in [-0.1, -0.05) is 6.92 Å². The van der Waals surface area contributed by atoms with Crippen molar-refractivity contribution in [1.29, 1.82) is 0 Å². The highest BCUT2D eigenvalue weighted by Crippen LogP contribution is 2.38. The lowest BCUT2D eigenvalue weighted by atomic mass is 9.99. The number of rotatable bonds is 2. The standard InChI is InChI=1S/C13H15F3N2O2/c1-9-3-2-6-17(8-9)10-4-5-12(18(19)20)11(7-10)13(14,15)16/h4-5,7,9H,2-3,6,8H2,1H3/t9-/m0/s1. The van der Waals surface area contributed by atoms with Gasteiger partial charge in [0, 0.05) is 24.8 Å². The van der Waals surface area contributed by atoms with Gasteiger partial charge in [-0.2, -0.15) is 13.2 Å². The minimum atomic E-state index is -4.72. The molecule has 110 valence electrons. The average molecular weight is 288 g/mol. The van der Waals surface area contributed by atoms with Crippen LogP contribution < -0.4 is 4.90 Å². The molecule has 4 nitrogen and oxygen atoms in total. The monoisotopic (exact) mass is 288 g/mol. The Labute approximate surface area is 114 Å². The highest BCUT2D eigenvalue weighted by Gasteiger charge is 2.38. The van der Waals surface area contributed by atoms with Gasteiger partial charge in [0.25, 0.3) is 5.69 Å². The second-order valence-corrected chi connectivity index (χ2v) is 5.15. The van der Waals surface area contributed by atoms with Crippen LogP contribution >= 0.6 is 0 Å². The van der Waals surface area contributed by atoms with Gasteiger partial charge in [0.1, 0.15) is 5.56 Å². The summed E-state index contributed by atoms with van der Waals surface area (Å²) in [6, 6.07) is 3.22. The number of alkyl halides is 3. The quantitative estimate of drug-likeness (QED) is 0.613. The van der Waals surface area contributed by atoms with Gasteiger partial charge in [0.05, 0.1) is 4.92 Å². The normalized spacial score (nSPS) is 20.0. The van der Waals surface area contributed by atoms with Gasteiger partial charge < -0.3 is 4.90 Å². The minimum absolute atomic E-state index is 0.398. The molecule has 1 aliphatic rings. The summed E-state index contributed by atoms with van der Waals surface area (Å²) >= 11 is 0. The molecule has 2 rings (SSSR count). The van der Waals surface area contributed by atoms with E-state index < -0.39 is 22.4 Å². The third-order valence-electron chi connectivity index (χ3n) is 3.50. The molecule has 1 saturated heterocycles. The molecule has 0 N–H and O–H groups in total. The Kier molecular flexibility index (Phi) is 3.87. The topological polar surface area (TPSA) is 46.4 Å². The number of anilines is 1. The van der Waals surface area contributed by atoms with Gasteiger partial charge in [-0.15, -0.1) is 0 Å². The second-order valence-electron chi connectivity index (χ2n) is 5.15. The molecule has 0 spiro atoms. The lowest BCUT2D eigenvalue weighted by Crippen LogP contribution is -2.34. The number of benzene rings is 1. The van der Waals surface area contributed by atoms with Crippen LogP contribution in [0.3, 0.4) is 0 Å². The van der Waals surface area contributed by atoms with E-state index in [9.17, 15) is 23.3 Å². The molecule has 0 saturated carbocycles. The Morgan fingerprint density at radius 2 is 2.10 bits per heavy atom. The molecule has 1 aliphatic heterocycles. The van der Waals surface area contributed by atoms with Crippen LogP contribution in [-0.4, -0.2) is 18.0 Å². The highest BCUT2D eigenvalue weighted by atomic mass is 19.4. The largest absolute Gasteiger partial charge is 0.423 e. The minimum Gasteiger partial charge on any atom is -0.371 e. The van der Waals surface area contributed by atoms with E-state index >= 15 is 0 Å². The first-order chi connectivity index (χ1) is 9.29. The molecule has 0 aliphatic carbocycles. The number of hydrogen-bond acceptors (Lipinski definition) is 3. The highest BCUT2D eigenvalue weighted by molar-refractivity contribution is 5.57. The summed E-state index contributed by atoms with van der Waals surface area (Å²) < 4.78 is 38.7. The van der Waals surface area contributed by atoms with E-state index in [1.54, 1.807) is 0 Å². The van der Waals surface area contributed by atoms with Crippen molar-refractivity contribution in [1.82, 2.24) is 0 Å².